The smallest absolute Gasteiger partial charge is 0.453 e. The quantitative estimate of drug-likeness (QED) is 0.805. The van der Waals surface area contributed by atoms with Crippen LogP contribution in [0, 0.1) is 0 Å². The number of rotatable bonds is 3. The van der Waals surface area contributed by atoms with Crippen LogP contribution in [0.25, 0.3) is 5.65 Å². The molecule has 0 aliphatic rings. The van der Waals surface area contributed by atoms with E-state index in [0.29, 0.717) is 0 Å². The summed E-state index contributed by atoms with van der Waals surface area (Å²) in [5.74, 6) is -1.54. The number of halogens is 3. The van der Waals surface area contributed by atoms with Crippen LogP contribution in [0.3, 0.4) is 0 Å². The topological polar surface area (TPSA) is 56.5 Å². The first kappa shape index (κ1) is 13.3. The van der Waals surface area contributed by atoms with Crippen LogP contribution in [0.2, 0.25) is 0 Å². The van der Waals surface area contributed by atoms with Crippen molar-refractivity contribution in [3.05, 3.63) is 23.5 Å². The van der Waals surface area contributed by atoms with E-state index in [1.165, 1.54) is 19.2 Å². The van der Waals surface area contributed by atoms with Gasteiger partial charge in [0, 0.05) is 12.5 Å². The third-order valence-corrected chi connectivity index (χ3v) is 2.53. The highest BCUT2D eigenvalue weighted by molar-refractivity contribution is 6.01. The molecule has 2 heterocycles. The second kappa shape index (κ2) is 4.52. The Morgan fingerprint density at radius 1 is 1.42 bits per heavy atom. The highest BCUT2D eigenvalue weighted by Gasteiger charge is 2.37. The molecular formula is C11H10F3N3O2. The number of hydrogen-bond acceptors (Lipinski definition) is 4. The van der Waals surface area contributed by atoms with Crippen LogP contribution in [-0.4, -0.2) is 27.5 Å². The van der Waals surface area contributed by atoms with Gasteiger partial charge >= 0.3 is 6.18 Å². The van der Waals surface area contributed by atoms with Crippen molar-refractivity contribution in [2.75, 3.05) is 7.11 Å². The van der Waals surface area contributed by atoms with Gasteiger partial charge in [-0.15, -0.1) is 5.10 Å². The average molecular weight is 273 g/mol. The zero-order valence-electron chi connectivity index (χ0n) is 10.2. The number of methoxy groups -OCH3 is 1. The molecule has 0 spiro atoms. The normalized spacial score (nSPS) is 11.8. The zero-order chi connectivity index (χ0) is 14.2. The lowest BCUT2D eigenvalue weighted by Gasteiger charge is -2.04. The van der Waals surface area contributed by atoms with Crippen LogP contribution < -0.4 is 4.74 Å². The van der Waals surface area contributed by atoms with E-state index < -0.39 is 12.0 Å². The SMILES string of the molecule is CCC(=O)c1ccc(OC)n2nc(C(F)(F)F)nc12. The van der Waals surface area contributed by atoms with E-state index in [0.717, 1.165) is 4.52 Å². The average Bonchev–Trinajstić information content (AvgIpc) is 2.81. The third kappa shape index (κ3) is 2.25. The van der Waals surface area contributed by atoms with Gasteiger partial charge in [-0.3, -0.25) is 4.79 Å². The number of ether oxygens (including phenoxy) is 1. The minimum atomic E-state index is -4.68. The second-order valence-corrected chi connectivity index (χ2v) is 3.73. The molecule has 19 heavy (non-hydrogen) atoms. The van der Waals surface area contributed by atoms with Crippen molar-refractivity contribution in [1.29, 1.82) is 0 Å². The summed E-state index contributed by atoms with van der Waals surface area (Å²) in [6, 6.07) is 2.76. The summed E-state index contributed by atoms with van der Waals surface area (Å²) in [5, 5.41) is 3.34. The summed E-state index contributed by atoms with van der Waals surface area (Å²) in [6.07, 6.45) is -4.51. The Morgan fingerprint density at radius 3 is 2.63 bits per heavy atom. The van der Waals surface area contributed by atoms with Gasteiger partial charge in [-0.05, 0) is 6.07 Å². The van der Waals surface area contributed by atoms with Gasteiger partial charge < -0.3 is 4.74 Å². The molecule has 0 unspecified atom stereocenters. The number of pyridine rings is 1. The summed E-state index contributed by atoms with van der Waals surface area (Å²) in [5.41, 5.74) is -0.0650. The monoisotopic (exact) mass is 273 g/mol. The van der Waals surface area contributed by atoms with Crippen molar-refractivity contribution in [1.82, 2.24) is 14.6 Å². The molecule has 0 fully saturated rings. The first-order valence-electron chi connectivity index (χ1n) is 5.42. The standard InChI is InChI=1S/C11H10F3N3O2/c1-3-7(18)6-4-5-8(19-2)17-9(6)15-10(16-17)11(12,13)14/h4-5H,3H2,1-2H3. The molecule has 0 saturated carbocycles. The highest BCUT2D eigenvalue weighted by Crippen LogP contribution is 2.28. The Hall–Kier alpha value is -2.12. The molecule has 0 amide bonds. The van der Waals surface area contributed by atoms with Crippen molar-refractivity contribution >= 4 is 11.4 Å². The van der Waals surface area contributed by atoms with E-state index >= 15 is 0 Å². The summed E-state index contributed by atoms with van der Waals surface area (Å²) < 4.78 is 43.6. The zero-order valence-corrected chi connectivity index (χ0v) is 10.2. The minimum absolute atomic E-state index is 0.0747. The maximum absolute atomic E-state index is 12.6. The van der Waals surface area contributed by atoms with E-state index in [-0.39, 0.29) is 29.3 Å². The Balaban J connectivity index is 2.74. The fourth-order valence-electron chi connectivity index (χ4n) is 1.62. The first-order chi connectivity index (χ1) is 8.88. The summed E-state index contributed by atoms with van der Waals surface area (Å²) in [7, 11) is 1.30. The lowest BCUT2D eigenvalue weighted by molar-refractivity contribution is -0.144. The third-order valence-electron chi connectivity index (χ3n) is 2.53. The predicted octanol–water partition coefficient (Wildman–Crippen LogP) is 2.35. The molecule has 2 rings (SSSR count). The minimum Gasteiger partial charge on any atom is -0.481 e. The Kier molecular flexibility index (Phi) is 3.17. The van der Waals surface area contributed by atoms with E-state index in [4.69, 9.17) is 4.74 Å². The highest BCUT2D eigenvalue weighted by atomic mass is 19.4. The van der Waals surface area contributed by atoms with Crippen LogP contribution in [0.15, 0.2) is 12.1 Å². The fraction of sp³-hybridized carbons (Fsp3) is 0.364. The fourth-order valence-corrected chi connectivity index (χ4v) is 1.62. The molecule has 102 valence electrons. The van der Waals surface area contributed by atoms with Crippen LogP contribution in [0.5, 0.6) is 5.88 Å². The number of carbonyl (C=O) groups excluding carboxylic acids is 1. The maximum atomic E-state index is 12.6. The Labute approximate surface area is 106 Å². The molecule has 0 bridgehead atoms. The number of Topliss-reactive ketones (excluding diaryl/α,β-unsaturated/α-hetero) is 1. The molecule has 2 aromatic rings. The molecule has 0 atom stereocenters. The molecule has 2 aromatic heterocycles. The van der Waals surface area contributed by atoms with Crippen LogP contribution in [0.4, 0.5) is 13.2 Å². The largest absolute Gasteiger partial charge is 0.481 e. The number of aromatic nitrogens is 3. The van der Waals surface area contributed by atoms with Crippen molar-refractivity contribution < 1.29 is 22.7 Å². The van der Waals surface area contributed by atoms with Gasteiger partial charge in [0.1, 0.15) is 0 Å². The van der Waals surface area contributed by atoms with Crippen molar-refractivity contribution in [2.24, 2.45) is 0 Å². The van der Waals surface area contributed by atoms with Gasteiger partial charge in [-0.2, -0.15) is 17.7 Å². The predicted molar refractivity (Wildman–Crippen MR) is 59.2 cm³/mol. The van der Waals surface area contributed by atoms with Crippen molar-refractivity contribution in [3.8, 4) is 5.88 Å². The van der Waals surface area contributed by atoms with E-state index in [1.54, 1.807) is 6.92 Å². The summed E-state index contributed by atoms with van der Waals surface area (Å²) in [4.78, 5) is 15.1. The summed E-state index contributed by atoms with van der Waals surface area (Å²) in [6.45, 7) is 1.62. The number of fused-ring (bicyclic) bond motifs is 1. The van der Waals surface area contributed by atoms with Crippen LogP contribution in [-0.2, 0) is 6.18 Å². The van der Waals surface area contributed by atoms with Gasteiger partial charge in [0.15, 0.2) is 11.4 Å². The lowest BCUT2D eigenvalue weighted by atomic mass is 10.1. The molecule has 0 aliphatic heterocycles. The van der Waals surface area contributed by atoms with Gasteiger partial charge in [0.05, 0.1) is 12.7 Å². The molecule has 0 saturated heterocycles. The van der Waals surface area contributed by atoms with Gasteiger partial charge in [-0.1, -0.05) is 6.92 Å². The van der Waals surface area contributed by atoms with Gasteiger partial charge in [-0.25, -0.2) is 4.98 Å². The summed E-state index contributed by atoms with van der Waals surface area (Å²) >= 11 is 0. The lowest BCUT2D eigenvalue weighted by Crippen LogP contribution is -2.07. The molecule has 0 aliphatic carbocycles. The van der Waals surface area contributed by atoms with Crippen molar-refractivity contribution in [2.45, 2.75) is 19.5 Å². The number of hydrogen-bond donors (Lipinski definition) is 0. The maximum Gasteiger partial charge on any atom is 0.453 e. The van der Waals surface area contributed by atoms with Crippen molar-refractivity contribution in [3.63, 3.8) is 0 Å². The number of carbonyl (C=O) groups is 1. The molecule has 5 nitrogen and oxygen atoms in total. The first-order valence-corrected chi connectivity index (χ1v) is 5.42. The van der Waals surface area contributed by atoms with E-state index in [9.17, 15) is 18.0 Å². The molecule has 0 aromatic carbocycles. The molecular weight excluding hydrogens is 263 g/mol. The molecule has 0 N–H and O–H groups in total. The number of alkyl halides is 3. The Morgan fingerprint density at radius 2 is 2.11 bits per heavy atom. The van der Waals surface area contributed by atoms with E-state index in [2.05, 4.69) is 10.1 Å². The Bertz CT molecular complexity index is 634. The van der Waals surface area contributed by atoms with E-state index in [1.807, 2.05) is 0 Å². The van der Waals surface area contributed by atoms with Gasteiger partial charge in [0.2, 0.25) is 5.88 Å². The molecule has 0 radical (unpaired) electrons. The second-order valence-electron chi connectivity index (χ2n) is 3.73. The van der Waals surface area contributed by atoms with Gasteiger partial charge in [0.25, 0.3) is 5.82 Å². The number of ketones is 1. The molecule has 8 heteroatoms. The van der Waals surface area contributed by atoms with Crippen LogP contribution in [0.1, 0.15) is 29.5 Å². The van der Waals surface area contributed by atoms with Crippen LogP contribution >= 0.6 is 0 Å². The number of nitrogens with zero attached hydrogens (tertiary/aromatic N) is 3.